The minimum absolute atomic E-state index is 0. The second-order valence-corrected chi connectivity index (χ2v) is 8.00. The lowest BCUT2D eigenvalue weighted by Crippen LogP contribution is -2.47. The number of nitrogens with one attached hydrogen (secondary N) is 3. The number of aliphatic imine (C=N–C) groups is 1. The van der Waals surface area contributed by atoms with Gasteiger partial charge in [0.1, 0.15) is 0 Å². The van der Waals surface area contributed by atoms with Crippen LogP contribution in [0.5, 0.6) is 0 Å². The molecule has 0 aromatic heterocycles. The van der Waals surface area contributed by atoms with Crippen LogP contribution in [0, 0.1) is 5.92 Å². The Balaban J connectivity index is 0.00000420. The Labute approximate surface area is 193 Å². The molecule has 6 nitrogen and oxygen atoms in total. The fourth-order valence-electron chi connectivity index (χ4n) is 3.30. The summed E-state index contributed by atoms with van der Waals surface area (Å²) in [5.41, 5.74) is 2.25. The Bertz CT molecular complexity index is 633. The molecule has 0 saturated carbocycles. The van der Waals surface area contributed by atoms with E-state index in [0.717, 1.165) is 42.6 Å². The van der Waals surface area contributed by atoms with Crippen molar-refractivity contribution in [1.29, 1.82) is 0 Å². The standard InChI is InChI=1S/C22H37N5O.HI/c1-5-23-22(26-18(4)8-6-7-17(2)3)25-15-19-9-11-20(12-10-19)27-14-13-24-21(28)16-27;/h9-12,17-18H,5-8,13-16H2,1-4H3,(H,24,28)(H2,23,25,26);1H. The van der Waals surface area contributed by atoms with E-state index in [2.05, 4.69) is 72.8 Å². The van der Waals surface area contributed by atoms with Crippen LogP contribution in [0.3, 0.4) is 0 Å². The van der Waals surface area contributed by atoms with Gasteiger partial charge in [0.05, 0.1) is 13.1 Å². The molecule has 1 amide bonds. The molecule has 0 radical (unpaired) electrons. The summed E-state index contributed by atoms with van der Waals surface area (Å²) in [4.78, 5) is 18.4. The van der Waals surface area contributed by atoms with Crippen LogP contribution in [-0.4, -0.2) is 44.1 Å². The average molecular weight is 515 g/mol. The summed E-state index contributed by atoms with van der Waals surface area (Å²) in [6.45, 7) is 12.3. The molecule has 1 atom stereocenters. The van der Waals surface area contributed by atoms with E-state index in [4.69, 9.17) is 4.99 Å². The quantitative estimate of drug-likeness (QED) is 0.268. The zero-order valence-corrected chi connectivity index (χ0v) is 20.7. The molecule has 1 fully saturated rings. The Morgan fingerprint density at radius 2 is 1.93 bits per heavy atom. The highest BCUT2D eigenvalue weighted by atomic mass is 127. The molecule has 2 rings (SSSR count). The van der Waals surface area contributed by atoms with E-state index in [0.29, 0.717) is 25.7 Å². The normalized spacial score (nSPS) is 15.6. The first-order valence-corrected chi connectivity index (χ1v) is 10.6. The summed E-state index contributed by atoms with van der Waals surface area (Å²) in [6.07, 6.45) is 3.66. The molecule has 164 valence electrons. The molecule has 0 bridgehead atoms. The smallest absolute Gasteiger partial charge is 0.239 e. The summed E-state index contributed by atoms with van der Waals surface area (Å²) in [5, 5.41) is 9.71. The molecule has 1 aromatic rings. The number of guanidine groups is 1. The Morgan fingerprint density at radius 1 is 1.21 bits per heavy atom. The molecule has 1 heterocycles. The number of hydrogen-bond acceptors (Lipinski definition) is 3. The Morgan fingerprint density at radius 3 is 2.55 bits per heavy atom. The molecule has 1 saturated heterocycles. The summed E-state index contributed by atoms with van der Waals surface area (Å²) in [5.74, 6) is 1.72. The van der Waals surface area contributed by atoms with Crippen LogP contribution in [0.4, 0.5) is 5.69 Å². The number of anilines is 1. The number of halogens is 1. The second-order valence-electron chi connectivity index (χ2n) is 8.00. The Hall–Kier alpha value is -1.51. The third-order valence-corrected chi connectivity index (χ3v) is 4.91. The SMILES string of the molecule is CCNC(=NCc1ccc(N2CCNC(=O)C2)cc1)NC(C)CCCC(C)C.I. The van der Waals surface area contributed by atoms with Gasteiger partial charge >= 0.3 is 0 Å². The summed E-state index contributed by atoms with van der Waals surface area (Å²) < 4.78 is 0. The first-order valence-electron chi connectivity index (χ1n) is 10.6. The van der Waals surface area contributed by atoms with E-state index in [1.807, 2.05) is 0 Å². The van der Waals surface area contributed by atoms with Gasteiger partial charge in [0.15, 0.2) is 5.96 Å². The van der Waals surface area contributed by atoms with Gasteiger partial charge in [0, 0.05) is 31.4 Å². The number of nitrogens with zero attached hydrogens (tertiary/aromatic N) is 2. The lowest BCUT2D eigenvalue weighted by molar-refractivity contribution is -0.120. The summed E-state index contributed by atoms with van der Waals surface area (Å²) in [7, 11) is 0. The van der Waals surface area contributed by atoms with E-state index >= 15 is 0 Å². The van der Waals surface area contributed by atoms with Crippen molar-refractivity contribution in [2.24, 2.45) is 10.9 Å². The van der Waals surface area contributed by atoms with E-state index in [9.17, 15) is 4.79 Å². The van der Waals surface area contributed by atoms with Crippen LogP contribution < -0.4 is 20.9 Å². The second kappa shape index (κ2) is 13.7. The number of rotatable bonds is 9. The van der Waals surface area contributed by atoms with Gasteiger partial charge in [-0.3, -0.25) is 4.79 Å². The molecule has 7 heteroatoms. The van der Waals surface area contributed by atoms with Gasteiger partial charge in [0.25, 0.3) is 0 Å². The first kappa shape index (κ1) is 25.5. The highest BCUT2D eigenvalue weighted by Gasteiger charge is 2.16. The number of hydrogen-bond donors (Lipinski definition) is 3. The van der Waals surface area contributed by atoms with Gasteiger partial charge in [-0.25, -0.2) is 4.99 Å². The third-order valence-electron chi connectivity index (χ3n) is 4.91. The van der Waals surface area contributed by atoms with Gasteiger partial charge < -0.3 is 20.9 Å². The predicted molar refractivity (Wildman–Crippen MR) is 133 cm³/mol. The molecular weight excluding hydrogens is 477 g/mol. The monoisotopic (exact) mass is 515 g/mol. The number of piperazine rings is 1. The molecule has 1 aliphatic rings. The van der Waals surface area contributed by atoms with Crippen LogP contribution in [0.25, 0.3) is 0 Å². The first-order chi connectivity index (χ1) is 13.5. The lowest BCUT2D eigenvalue weighted by atomic mass is 10.0. The molecule has 1 aromatic carbocycles. The van der Waals surface area contributed by atoms with E-state index < -0.39 is 0 Å². The highest BCUT2D eigenvalue weighted by molar-refractivity contribution is 14.0. The summed E-state index contributed by atoms with van der Waals surface area (Å²) in [6, 6.07) is 8.77. The zero-order chi connectivity index (χ0) is 20.4. The van der Waals surface area contributed by atoms with Gasteiger partial charge in [0.2, 0.25) is 5.91 Å². The molecule has 29 heavy (non-hydrogen) atoms. The lowest BCUT2D eigenvalue weighted by Gasteiger charge is -2.28. The fourth-order valence-corrected chi connectivity index (χ4v) is 3.30. The number of benzene rings is 1. The van der Waals surface area contributed by atoms with E-state index in [-0.39, 0.29) is 29.9 Å². The number of carbonyl (C=O) groups is 1. The molecule has 1 unspecified atom stereocenters. The van der Waals surface area contributed by atoms with Crippen molar-refractivity contribution in [3.63, 3.8) is 0 Å². The molecule has 0 spiro atoms. The zero-order valence-electron chi connectivity index (χ0n) is 18.3. The maximum atomic E-state index is 11.6. The minimum atomic E-state index is 0. The van der Waals surface area contributed by atoms with Crippen LogP contribution in [0.1, 0.15) is 52.5 Å². The van der Waals surface area contributed by atoms with Crippen LogP contribution in [0.15, 0.2) is 29.3 Å². The molecule has 0 aliphatic carbocycles. The minimum Gasteiger partial charge on any atom is -0.360 e. The van der Waals surface area contributed by atoms with Crippen molar-refractivity contribution in [2.75, 3.05) is 31.1 Å². The third kappa shape index (κ3) is 9.69. The van der Waals surface area contributed by atoms with Crippen LogP contribution in [0.2, 0.25) is 0 Å². The van der Waals surface area contributed by atoms with Crippen LogP contribution >= 0.6 is 24.0 Å². The highest BCUT2D eigenvalue weighted by Crippen LogP contribution is 2.16. The van der Waals surface area contributed by atoms with E-state index in [1.165, 1.54) is 12.8 Å². The van der Waals surface area contributed by atoms with Crippen molar-refractivity contribution < 1.29 is 4.79 Å². The predicted octanol–water partition coefficient (Wildman–Crippen LogP) is 3.51. The molecule has 3 N–H and O–H groups in total. The number of carbonyl (C=O) groups excluding carboxylic acids is 1. The van der Waals surface area contributed by atoms with Crippen molar-refractivity contribution >= 4 is 41.5 Å². The fraction of sp³-hybridized carbons (Fsp3) is 0.636. The van der Waals surface area contributed by atoms with Gasteiger partial charge in [-0.15, -0.1) is 24.0 Å². The Kier molecular flexibility index (Phi) is 12.0. The van der Waals surface area contributed by atoms with Gasteiger partial charge in [-0.05, 0) is 43.9 Å². The van der Waals surface area contributed by atoms with Crippen molar-refractivity contribution in [3.8, 4) is 0 Å². The maximum Gasteiger partial charge on any atom is 0.239 e. The van der Waals surface area contributed by atoms with Crippen molar-refractivity contribution in [2.45, 2.75) is 59.5 Å². The van der Waals surface area contributed by atoms with E-state index in [1.54, 1.807) is 0 Å². The van der Waals surface area contributed by atoms with Crippen LogP contribution in [-0.2, 0) is 11.3 Å². The van der Waals surface area contributed by atoms with Gasteiger partial charge in [-0.2, -0.15) is 0 Å². The largest absolute Gasteiger partial charge is 0.360 e. The number of amides is 1. The topological polar surface area (TPSA) is 68.8 Å². The molecular formula is C22H38IN5O. The van der Waals surface area contributed by atoms with Crippen molar-refractivity contribution in [1.82, 2.24) is 16.0 Å². The van der Waals surface area contributed by atoms with Crippen molar-refractivity contribution in [3.05, 3.63) is 29.8 Å². The summed E-state index contributed by atoms with van der Waals surface area (Å²) >= 11 is 0. The van der Waals surface area contributed by atoms with Gasteiger partial charge in [-0.1, -0.05) is 38.8 Å². The molecule has 1 aliphatic heterocycles. The maximum absolute atomic E-state index is 11.6. The average Bonchev–Trinajstić information content (AvgIpc) is 2.66.